The van der Waals surface area contributed by atoms with Crippen molar-refractivity contribution >= 4 is 5.91 Å². The van der Waals surface area contributed by atoms with Crippen molar-refractivity contribution in [3.05, 3.63) is 117 Å². The second-order valence-electron chi connectivity index (χ2n) is 11.4. The number of aliphatic hydroxyl groups is 1. The number of aryl methyl sites for hydroxylation is 1. The van der Waals surface area contributed by atoms with Crippen LogP contribution in [-0.2, 0) is 35.5 Å². The van der Waals surface area contributed by atoms with E-state index in [4.69, 9.17) is 4.98 Å². The number of pyridine rings is 1. The molecule has 2 aromatic heterocycles. The maximum absolute atomic E-state index is 13.4. The van der Waals surface area contributed by atoms with E-state index in [9.17, 15) is 41.0 Å². The fourth-order valence-electron chi connectivity index (χ4n) is 5.77. The number of alkyl halides is 6. The number of fused-ring (bicyclic) bond motifs is 1. The minimum atomic E-state index is -4.65. The van der Waals surface area contributed by atoms with Gasteiger partial charge in [0.1, 0.15) is 5.82 Å². The number of benzene rings is 2. The van der Waals surface area contributed by atoms with Crippen LogP contribution in [0.2, 0.25) is 0 Å². The number of aliphatic hydroxyl groups excluding tert-OH is 1. The summed E-state index contributed by atoms with van der Waals surface area (Å²) < 4.78 is 79.3. The monoisotopic (exact) mass is 628 g/mol. The van der Waals surface area contributed by atoms with Crippen LogP contribution in [0.1, 0.15) is 64.7 Å². The van der Waals surface area contributed by atoms with Gasteiger partial charge in [-0.05, 0) is 60.6 Å². The standard InChI is InChI=1S/C32H26F6N4O3/c33-31(34,35)22-7-2-5-19(13-22)26(43)28(45)42-11-3-8-25-24(17-42)27(44)41-29(40-25)30(9-10-30)21-6-1-4-18(12-21)20-14-23(16-39-15-20)32(36,37)38/h1-2,4-7,12-16,26,43H,3,8-11,17H2,(H,40,41,44). The Balaban J connectivity index is 1.26. The van der Waals surface area contributed by atoms with Crippen LogP contribution < -0.4 is 5.56 Å². The zero-order valence-corrected chi connectivity index (χ0v) is 23.5. The largest absolute Gasteiger partial charge is 0.417 e. The summed E-state index contributed by atoms with van der Waals surface area (Å²) in [4.78, 5) is 39.2. The van der Waals surface area contributed by atoms with Crippen LogP contribution in [0.25, 0.3) is 11.1 Å². The Kier molecular flexibility index (Phi) is 7.54. The van der Waals surface area contributed by atoms with Crippen molar-refractivity contribution in [1.29, 1.82) is 0 Å². The third-order valence-corrected chi connectivity index (χ3v) is 8.38. The van der Waals surface area contributed by atoms with Gasteiger partial charge in [0, 0.05) is 24.5 Å². The summed E-state index contributed by atoms with van der Waals surface area (Å²) in [6, 6.07) is 12.0. The molecule has 234 valence electrons. The maximum atomic E-state index is 13.4. The van der Waals surface area contributed by atoms with Crippen molar-refractivity contribution in [2.45, 2.75) is 56.1 Å². The second kappa shape index (κ2) is 11.1. The number of halogens is 6. The van der Waals surface area contributed by atoms with Gasteiger partial charge in [0.05, 0.1) is 34.3 Å². The molecule has 0 spiro atoms. The normalized spacial score (nSPS) is 16.9. The molecule has 1 unspecified atom stereocenters. The molecule has 6 rings (SSSR count). The quantitative estimate of drug-likeness (QED) is 0.266. The highest BCUT2D eigenvalue weighted by atomic mass is 19.4. The first-order chi connectivity index (χ1) is 21.3. The third kappa shape index (κ3) is 5.96. The molecule has 1 atom stereocenters. The Morgan fingerprint density at radius 1 is 0.933 bits per heavy atom. The maximum Gasteiger partial charge on any atom is 0.417 e. The molecule has 1 aliphatic carbocycles. The van der Waals surface area contributed by atoms with E-state index in [2.05, 4.69) is 9.97 Å². The van der Waals surface area contributed by atoms with Gasteiger partial charge in [0.25, 0.3) is 11.5 Å². The first-order valence-electron chi connectivity index (χ1n) is 14.2. The molecule has 1 fully saturated rings. The predicted octanol–water partition coefficient (Wildman–Crippen LogP) is 5.96. The molecule has 0 radical (unpaired) electrons. The van der Waals surface area contributed by atoms with Crippen LogP contribution in [0.15, 0.2) is 71.8 Å². The first-order valence-corrected chi connectivity index (χ1v) is 14.2. The number of carbonyl (C=O) groups is 1. The number of carbonyl (C=O) groups excluding carboxylic acids is 1. The summed E-state index contributed by atoms with van der Waals surface area (Å²) in [6.45, 7) is -0.0317. The number of H-pyrrole nitrogens is 1. The molecule has 4 aromatic rings. The number of nitrogens with zero attached hydrogens (tertiary/aromatic N) is 3. The number of nitrogens with one attached hydrogen (secondary N) is 1. The molecule has 13 heteroatoms. The summed E-state index contributed by atoms with van der Waals surface area (Å²) in [5, 5.41) is 10.7. The Morgan fingerprint density at radius 2 is 1.67 bits per heavy atom. The zero-order chi connectivity index (χ0) is 32.1. The SMILES string of the molecule is O=C(C(O)c1cccc(C(F)(F)F)c1)N1CCCc2nc(C3(c4cccc(-c5cncc(C(F)(F)F)c5)c4)CC3)[nH]c(=O)c2C1. The highest BCUT2D eigenvalue weighted by molar-refractivity contribution is 5.82. The molecule has 1 amide bonds. The molecule has 2 aromatic carbocycles. The Labute approximate surface area is 252 Å². The number of hydrogen-bond acceptors (Lipinski definition) is 5. The lowest BCUT2D eigenvalue weighted by Crippen LogP contribution is -2.36. The van der Waals surface area contributed by atoms with E-state index in [0.29, 0.717) is 48.3 Å². The van der Waals surface area contributed by atoms with Crippen LogP contribution in [0.4, 0.5) is 26.3 Å². The molecule has 2 aliphatic rings. The summed E-state index contributed by atoms with van der Waals surface area (Å²) in [5.74, 6) is -0.417. The molecule has 7 nitrogen and oxygen atoms in total. The third-order valence-electron chi connectivity index (χ3n) is 8.38. The van der Waals surface area contributed by atoms with E-state index < -0.39 is 46.5 Å². The summed E-state index contributed by atoms with van der Waals surface area (Å²) in [5.41, 5.74) is -0.900. The van der Waals surface area contributed by atoms with Crippen molar-refractivity contribution in [3.63, 3.8) is 0 Å². The van der Waals surface area contributed by atoms with Crippen LogP contribution in [0, 0.1) is 0 Å². The van der Waals surface area contributed by atoms with E-state index in [1.54, 1.807) is 18.2 Å². The van der Waals surface area contributed by atoms with Gasteiger partial charge >= 0.3 is 12.4 Å². The lowest BCUT2D eigenvalue weighted by Gasteiger charge is -2.24. The molecule has 1 aliphatic heterocycles. The predicted molar refractivity (Wildman–Crippen MR) is 150 cm³/mol. The van der Waals surface area contributed by atoms with Crippen LogP contribution >= 0.6 is 0 Å². The number of amides is 1. The Hall–Kier alpha value is -4.52. The van der Waals surface area contributed by atoms with Gasteiger partial charge in [0.15, 0.2) is 6.10 Å². The van der Waals surface area contributed by atoms with Crippen LogP contribution in [0.5, 0.6) is 0 Å². The molecule has 3 heterocycles. The number of hydrogen-bond donors (Lipinski definition) is 2. The van der Waals surface area contributed by atoms with Crippen molar-refractivity contribution in [1.82, 2.24) is 19.9 Å². The van der Waals surface area contributed by atoms with E-state index in [-0.39, 0.29) is 24.2 Å². The van der Waals surface area contributed by atoms with Gasteiger partial charge in [-0.3, -0.25) is 14.6 Å². The minimum absolute atomic E-state index is 0.151. The smallest absolute Gasteiger partial charge is 0.378 e. The van der Waals surface area contributed by atoms with Crippen LogP contribution in [0.3, 0.4) is 0 Å². The van der Waals surface area contributed by atoms with E-state index in [0.717, 1.165) is 36.0 Å². The van der Waals surface area contributed by atoms with Gasteiger partial charge in [0.2, 0.25) is 0 Å². The average molecular weight is 629 g/mol. The summed E-state index contributed by atoms with van der Waals surface area (Å²) in [6.07, 6.45) is -6.88. The Morgan fingerprint density at radius 3 is 2.38 bits per heavy atom. The average Bonchev–Trinajstić information content (AvgIpc) is 3.85. The highest BCUT2D eigenvalue weighted by Gasteiger charge is 2.49. The molecule has 0 saturated heterocycles. The number of aromatic amines is 1. The van der Waals surface area contributed by atoms with E-state index >= 15 is 0 Å². The number of rotatable bonds is 5. The van der Waals surface area contributed by atoms with Crippen molar-refractivity contribution in [3.8, 4) is 11.1 Å². The molecule has 45 heavy (non-hydrogen) atoms. The number of aromatic nitrogens is 3. The first kappa shape index (κ1) is 30.5. The van der Waals surface area contributed by atoms with E-state index in [1.807, 2.05) is 6.07 Å². The van der Waals surface area contributed by atoms with Gasteiger partial charge in [-0.15, -0.1) is 0 Å². The van der Waals surface area contributed by atoms with Crippen molar-refractivity contribution in [2.24, 2.45) is 0 Å². The van der Waals surface area contributed by atoms with Gasteiger partial charge in [-0.25, -0.2) is 4.98 Å². The highest BCUT2D eigenvalue weighted by Crippen LogP contribution is 2.52. The van der Waals surface area contributed by atoms with Gasteiger partial charge in [-0.2, -0.15) is 26.3 Å². The second-order valence-corrected chi connectivity index (χ2v) is 11.4. The summed E-state index contributed by atoms with van der Waals surface area (Å²) >= 11 is 0. The molecule has 2 N–H and O–H groups in total. The van der Waals surface area contributed by atoms with Crippen molar-refractivity contribution in [2.75, 3.05) is 6.54 Å². The van der Waals surface area contributed by atoms with Crippen molar-refractivity contribution < 1.29 is 36.2 Å². The zero-order valence-electron chi connectivity index (χ0n) is 23.5. The topological polar surface area (TPSA) is 99.2 Å². The lowest BCUT2D eigenvalue weighted by atomic mass is 9.91. The molecular formula is C32H26F6N4O3. The fourth-order valence-corrected chi connectivity index (χ4v) is 5.77. The van der Waals surface area contributed by atoms with Gasteiger partial charge in [-0.1, -0.05) is 36.4 Å². The minimum Gasteiger partial charge on any atom is -0.378 e. The lowest BCUT2D eigenvalue weighted by molar-refractivity contribution is -0.142. The van der Waals surface area contributed by atoms with Crippen LogP contribution in [-0.4, -0.2) is 37.4 Å². The molecular weight excluding hydrogens is 602 g/mol. The van der Waals surface area contributed by atoms with Gasteiger partial charge < -0.3 is 15.0 Å². The fraction of sp³-hybridized carbons (Fsp3) is 0.312. The molecule has 0 bridgehead atoms. The molecule has 1 saturated carbocycles. The summed E-state index contributed by atoms with van der Waals surface area (Å²) in [7, 11) is 0. The van der Waals surface area contributed by atoms with E-state index in [1.165, 1.54) is 17.2 Å². The Bertz CT molecular complexity index is 1830.